The van der Waals surface area contributed by atoms with Crippen molar-refractivity contribution in [3.05, 3.63) is 65.4 Å². The predicted molar refractivity (Wildman–Crippen MR) is 82.7 cm³/mol. The number of rotatable bonds is 2. The van der Waals surface area contributed by atoms with E-state index in [0.29, 0.717) is 0 Å². The SMILES string of the molecule is COc1ccc2c(C3CC(O)c4ccccc43)c[nH]c2c1. The van der Waals surface area contributed by atoms with E-state index in [4.69, 9.17) is 4.74 Å². The zero-order valence-corrected chi connectivity index (χ0v) is 11.8. The molecule has 0 aliphatic heterocycles. The first kappa shape index (κ1) is 12.5. The average Bonchev–Trinajstić information content (AvgIpc) is 3.08. The number of ether oxygens (including phenoxy) is 1. The van der Waals surface area contributed by atoms with Gasteiger partial charge in [0.1, 0.15) is 5.75 Å². The number of hydrogen-bond acceptors (Lipinski definition) is 2. The maximum Gasteiger partial charge on any atom is 0.120 e. The second kappa shape index (κ2) is 4.64. The third-order valence-electron chi connectivity index (χ3n) is 4.49. The van der Waals surface area contributed by atoms with Gasteiger partial charge >= 0.3 is 0 Å². The van der Waals surface area contributed by atoms with Crippen molar-refractivity contribution in [3.8, 4) is 5.75 Å². The van der Waals surface area contributed by atoms with Crippen LogP contribution < -0.4 is 4.74 Å². The van der Waals surface area contributed by atoms with Crippen molar-refractivity contribution in [3.63, 3.8) is 0 Å². The van der Waals surface area contributed by atoms with Gasteiger partial charge in [0.15, 0.2) is 0 Å². The summed E-state index contributed by atoms with van der Waals surface area (Å²) in [6.07, 6.45) is 2.44. The van der Waals surface area contributed by atoms with Gasteiger partial charge in [0, 0.05) is 29.1 Å². The molecule has 106 valence electrons. The molecular weight excluding hydrogens is 262 g/mol. The lowest BCUT2D eigenvalue weighted by Crippen LogP contribution is -1.95. The molecule has 1 aromatic heterocycles. The summed E-state index contributed by atoms with van der Waals surface area (Å²) >= 11 is 0. The summed E-state index contributed by atoms with van der Waals surface area (Å²) in [5.74, 6) is 1.10. The first-order valence-corrected chi connectivity index (χ1v) is 7.20. The number of nitrogens with one attached hydrogen (secondary N) is 1. The molecule has 2 atom stereocenters. The van der Waals surface area contributed by atoms with Crippen molar-refractivity contribution in [2.45, 2.75) is 18.4 Å². The highest BCUT2D eigenvalue weighted by Gasteiger charge is 2.31. The lowest BCUT2D eigenvalue weighted by Gasteiger charge is -2.10. The van der Waals surface area contributed by atoms with Crippen LogP contribution in [0.5, 0.6) is 5.75 Å². The Hall–Kier alpha value is -2.26. The molecule has 0 bridgehead atoms. The normalized spacial score (nSPS) is 20.7. The largest absolute Gasteiger partial charge is 0.497 e. The van der Waals surface area contributed by atoms with Gasteiger partial charge in [0.05, 0.1) is 13.2 Å². The topological polar surface area (TPSA) is 45.2 Å². The summed E-state index contributed by atoms with van der Waals surface area (Å²) in [5, 5.41) is 11.5. The van der Waals surface area contributed by atoms with Crippen LogP contribution in [0.3, 0.4) is 0 Å². The summed E-state index contributed by atoms with van der Waals surface area (Å²) in [6, 6.07) is 14.3. The maximum atomic E-state index is 10.3. The number of fused-ring (bicyclic) bond motifs is 2. The van der Waals surface area contributed by atoms with Gasteiger partial charge in [-0.05, 0) is 35.2 Å². The number of aromatic amines is 1. The molecule has 0 saturated carbocycles. The van der Waals surface area contributed by atoms with E-state index in [1.807, 2.05) is 30.3 Å². The van der Waals surface area contributed by atoms with Crippen molar-refractivity contribution in [1.82, 2.24) is 4.98 Å². The van der Waals surface area contributed by atoms with Crippen molar-refractivity contribution in [2.75, 3.05) is 7.11 Å². The third-order valence-corrected chi connectivity index (χ3v) is 4.49. The van der Waals surface area contributed by atoms with Crippen LogP contribution >= 0.6 is 0 Å². The van der Waals surface area contributed by atoms with Gasteiger partial charge < -0.3 is 14.8 Å². The van der Waals surface area contributed by atoms with Gasteiger partial charge in [-0.15, -0.1) is 0 Å². The average molecular weight is 279 g/mol. The minimum atomic E-state index is -0.366. The second-order valence-corrected chi connectivity index (χ2v) is 5.59. The van der Waals surface area contributed by atoms with Crippen LogP contribution in [0.4, 0.5) is 0 Å². The van der Waals surface area contributed by atoms with Gasteiger partial charge in [0.2, 0.25) is 0 Å². The molecule has 0 amide bonds. The first-order chi connectivity index (χ1) is 10.3. The fraction of sp³-hybridized carbons (Fsp3) is 0.222. The Labute approximate surface area is 123 Å². The van der Waals surface area contributed by atoms with Crippen molar-refractivity contribution < 1.29 is 9.84 Å². The highest BCUT2D eigenvalue weighted by atomic mass is 16.5. The van der Waals surface area contributed by atoms with Crippen LogP contribution in [0.15, 0.2) is 48.7 Å². The minimum Gasteiger partial charge on any atom is -0.497 e. The molecule has 0 radical (unpaired) electrons. The first-order valence-electron chi connectivity index (χ1n) is 7.20. The van der Waals surface area contributed by atoms with Crippen LogP contribution in [0.2, 0.25) is 0 Å². The van der Waals surface area contributed by atoms with Gasteiger partial charge in [-0.3, -0.25) is 0 Å². The van der Waals surface area contributed by atoms with Crippen LogP contribution in [0.25, 0.3) is 10.9 Å². The summed E-state index contributed by atoms with van der Waals surface area (Å²) in [7, 11) is 1.68. The van der Waals surface area contributed by atoms with Crippen LogP contribution in [-0.4, -0.2) is 17.2 Å². The van der Waals surface area contributed by atoms with Gasteiger partial charge in [-0.2, -0.15) is 0 Å². The van der Waals surface area contributed by atoms with Gasteiger partial charge in [-0.1, -0.05) is 24.3 Å². The maximum absolute atomic E-state index is 10.3. The number of benzene rings is 2. The molecule has 3 heteroatoms. The molecule has 0 saturated heterocycles. The number of aliphatic hydroxyl groups excluding tert-OH is 1. The predicted octanol–water partition coefficient (Wildman–Crippen LogP) is 3.75. The number of aromatic nitrogens is 1. The molecule has 1 aliphatic rings. The van der Waals surface area contributed by atoms with Crippen molar-refractivity contribution in [1.29, 1.82) is 0 Å². The molecule has 0 fully saturated rings. The molecular formula is C18H17NO2. The van der Waals surface area contributed by atoms with E-state index in [2.05, 4.69) is 23.3 Å². The fourth-order valence-corrected chi connectivity index (χ4v) is 3.45. The molecule has 0 spiro atoms. The zero-order valence-electron chi connectivity index (χ0n) is 11.8. The summed E-state index contributed by atoms with van der Waals surface area (Å²) in [5.41, 5.74) is 4.62. The summed E-state index contributed by atoms with van der Waals surface area (Å²) in [4.78, 5) is 3.32. The van der Waals surface area contributed by atoms with Crippen LogP contribution in [0.1, 0.15) is 35.1 Å². The lowest BCUT2D eigenvalue weighted by molar-refractivity contribution is 0.176. The molecule has 3 nitrogen and oxygen atoms in total. The standard InChI is InChI=1S/C18H17NO2/c1-21-11-6-7-13-16(10-19-17(13)8-11)15-9-18(20)14-5-3-2-4-12(14)15/h2-8,10,15,18-20H,9H2,1H3. The van der Waals surface area contributed by atoms with E-state index in [1.165, 1.54) is 16.5 Å². The molecule has 21 heavy (non-hydrogen) atoms. The zero-order chi connectivity index (χ0) is 14.4. The van der Waals surface area contributed by atoms with Crippen LogP contribution in [-0.2, 0) is 0 Å². The highest BCUT2D eigenvalue weighted by molar-refractivity contribution is 5.85. The number of aliphatic hydroxyl groups is 1. The van der Waals surface area contributed by atoms with E-state index >= 15 is 0 Å². The fourth-order valence-electron chi connectivity index (χ4n) is 3.45. The second-order valence-electron chi connectivity index (χ2n) is 5.59. The lowest BCUT2D eigenvalue weighted by atomic mass is 9.93. The Morgan fingerprint density at radius 2 is 1.90 bits per heavy atom. The highest BCUT2D eigenvalue weighted by Crippen LogP contribution is 2.45. The van der Waals surface area contributed by atoms with E-state index in [-0.39, 0.29) is 12.0 Å². The molecule has 2 unspecified atom stereocenters. The van der Waals surface area contributed by atoms with Crippen molar-refractivity contribution >= 4 is 10.9 Å². The Bertz CT molecular complexity index is 806. The molecule has 1 aliphatic carbocycles. The molecule has 4 rings (SSSR count). The Kier molecular flexibility index (Phi) is 2.76. The quantitative estimate of drug-likeness (QED) is 0.750. The molecule has 2 aromatic carbocycles. The Morgan fingerprint density at radius 3 is 2.71 bits per heavy atom. The van der Waals surface area contributed by atoms with E-state index in [9.17, 15) is 5.11 Å². The molecule has 3 aromatic rings. The van der Waals surface area contributed by atoms with Crippen molar-refractivity contribution in [2.24, 2.45) is 0 Å². The molecule has 2 N–H and O–H groups in total. The number of H-pyrrole nitrogens is 1. The van der Waals surface area contributed by atoms with Crippen LogP contribution in [0, 0.1) is 0 Å². The Morgan fingerprint density at radius 1 is 1.10 bits per heavy atom. The number of methoxy groups -OCH3 is 1. The summed E-state index contributed by atoms with van der Waals surface area (Å²) in [6.45, 7) is 0. The third kappa shape index (κ3) is 1.85. The smallest absolute Gasteiger partial charge is 0.120 e. The van der Waals surface area contributed by atoms with E-state index < -0.39 is 0 Å². The summed E-state index contributed by atoms with van der Waals surface area (Å²) < 4.78 is 5.27. The van der Waals surface area contributed by atoms with Gasteiger partial charge in [-0.25, -0.2) is 0 Å². The number of hydrogen-bond donors (Lipinski definition) is 2. The van der Waals surface area contributed by atoms with Gasteiger partial charge in [0.25, 0.3) is 0 Å². The Balaban J connectivity index is 1.85. The minimum absolute atomic E-state index is 0.248. The van der Waals surface area contributed by atoms with E-state index in [0.717, 1.165) is 23.3 Å². The monoisotopic (exact) mass is 279 g/mol. The van der Waals surface area contributed by atoms with E-state index in [1.54, 1.807) is 7.11 Å². The molecule has 1 heterocycles.